The molecule has 1 saturated heterocycles. The van der Waals surface area contributed by atoms with E-state index in [-0.39, 0.29) is 17.9 Å². The summed E-state index contributed by atoms with van der Waals surface area (Å²) in [5, 5.41) is 0. The molecule has 0 spiro atoms. The fourth-order valence-electron chi connectivity index (χ4n) is 3.74. The first-order valence-corrected chi connectivity index (χ1v) is 6.91. The first-order chi connectivity index (χ1) is 9.58. The molecule has 1 unspecified atom stereocenters. The van der Waals surface area contributed by atoms with Gasteiger partial charge in [0.2, 0.25) is 0 Å². The van der Waals surface area contributed by atoms with Crippen LogP contribution in [0.25, 0.3) is 0 Å². The lowest BCUT2D eigenvalue weighted by atomic mass is 9.64. The monoisotopic (exact) mass is 274 g/mol. The molecule has 2 heterocycles. The second-order valence-electron chi connectivity index (χ2n) is 5.82. The molecular weight excluding hydrogens is 256 g/mol. The third-order valence-electron chi connectivity index (χ3n) is 4.43. The minimum Gasteiger partial charge on any atom is -0.467 e. The molecule has 1 aliphatic heterocycles. The van der Waals surface area contributed by atoms with E-state index in [0.717, 1.165) is 6.42 Å². The Hall–Kier alpha value is -1.91. The average Bonchev–Trinajstić information content (AvgIpc) is 2.46. The Bertz CT molecular complexity index is 545. The SMILES string of the molecule is COC(=O)[C@]12CC(C[C@@H](C)C1)N2C(=O)c1ccccn1. The highest BCUT2D eigenvalue weighted by Crippen LogP contribution is 2.50. The normalized spacial score (nSPS) is 31.4. The number of fused-ring (bicyclic) bond motifs is 2. The molecule has 2 fully saturated rings. The number of ether oxygens (including phenoxy) is 1. The van der Waals surface area contributed by atoms with E-state index in [1.54, 1.807) is 29.3 Å². The van der Waals surface area contributed by atoms with Gasteiger partial charge < -0.3 is 9.64 Å². The van der Waals surface area contributed by atoms with Gasteiger partial charge in [0.25, 0.3) is 5.91 Å². The molecule has 0 radical (unpaired) electrons. The van der Waals surface area contributed by atoms with Crippen LogP contribution in [0.2, 0.25) is 0 Å². The zero-order valence-electron chi connectivity index (χ0n) is 11.7. The summed E-state index contributed by atoms with van der Waals surface area (Å²) < 4.78 is 4.94. The minimum absolute atomic E-state index is 0.132. The molecule has 106 valence electrons. The van der Waals surface area contributed by atoms with Crippen molar-refractivity contribution in [1.29, 1.82) is 0 Å². The predicted octanol–water partition coefficient (Wildman–Crippen LogP) is 1.64. The van der Waals surface area contributed by atoms with Crippen molar-refractivity contribution in [3.05, 3.63) is 30.1 Å². The molecular formula is C15H18N2O3. The molecule has 1 aromatic rings. The maximum Gasteiger partial charge on any atom is 0.331 e. The van der Waals surface area contributed by atoms with E-state index < -0.39 is 5.54 Å². The lowest BCUT2D eigenvalue weighted by Gasteiger charge is -2.61. The summed E-state index contributed by atoms with van der Waals surface area (Å²) in [4.78, 5) is 30.6. The summed E-state index contributed by atoms with van der Waals surface area (Å²) >= 11 is 0. The molecule has 0 N–H and O–H groups in total. The largest absolute Gasteiger partial charge is 0.467 e. The van der Waals surface area contributed by atoms with E-state index in [1.807, 2.05) is 0 Å². The summed E-state index contributed by atoms with van der Waals surface area (Å²) in [6.07, 6.45) is 3.92. The summed E-state index contributed by atoms with van der Waals surface area (Å²) in [7, 11) is 1.38. The van der Waals surface area contributed by atoms with Crippen molar-refractivity contribution in [2.24, 2.45) is 5.92 Å². The molecule has 5 nitrogen and oxygen atoms in total. The molecule has 2 aliphatic rings. The van der Waals surface area contributed by atoms with Crippen LogP contribution in [-0.4, -0.2) is 40.5 Å². The standard InChI is InChI=1S/C15H18N2O3/c1-10-7-11-9-15(8-10,14(19)20-2)17(11)13(18)12-5-3-4-6-16-12/h3-6,10-11H,7-9H2,1-2H3/t10-,11?,15-/m1/s1. The first-order valence-electron chi connectivity index (χ1n) is 6.91. The number of hydrogen-bond acceptors (Lipinski definition) is 4. The summed E-state index contributed by atoms with van der Waals surface area (Å²) in [6.45, 7) is 2.12. The predicted molar refractivity (Wildman–Crippen MR) is 72.0 cm³/mol. The summed E-state index contributed by atoms with van der Waals surface area (Å²) in [5.41, 5.74) is -0.383. The van der Waals surface area contributed by atoms with Gasteiger partial charge in [-0.1, -0.05) is 13.0 Å². The number of pyridine rings is 1. The second-order valence-corrected chi connectivity index (χ2v) is 5.82. The molecule has 1 amide bonds. The van der Waals surface area contributed by atoms with Crippen LogP contribution < -0.4 is 0 Å². The molecule has 3 rings (SSSR count). The number of carbonyl (C=O) groups is 2. The van der Waals surface area contributed by atoms with E-state index in [1.165, 1.54) is 7.11 Å². The smallest absolute Gasteiger partial charge is 0.331 e. The van der Waals surface area contributed by atoms with Gasteiger partial charge in [0.1, 0.15) is 11.2 Å². The molecule has 3 atom stereocenters. The third-order valence-corrected chi connectivity index (χ3v) is 4.43. The quantitative estimate of drug-likeness (QED) is 0.769. The van der Waals surface area contributed by atoms with Crippen LogP contribution in [0.1, 0.15) is 36.7 Å². The number of amides is 1. The van der Waals surface area contributed by atoms with Gasteiger partial charge in [0.05, 0.1) is 7.11 Å². The Labute approximate surface area is 117 Å². The van der Waals surface area contributed by atoms with Gasteiger partial charge in [0.15, 0.2) is 0 Å². The molecule has 1 aliphatic carbocycles. The lowest BCUT2D eigenvalue weighted by molar-refractivity contribution is -0.178. The van der Waals surface area contributed by atoms with Gasteiger partial charge in [-0.2, -0.15) is 0 Å². The first kappa shape index (κ1) is 13.1. The van der Waals surface area contributed by atoms with Crippen LogP contribution in [-0.2, 0) is 9.53 Å². The van der Waals surface area contributed by atoms with Gasteiger partial charge in [-0.15, -0.1) is 0 Å². The molecule has 20 heavy (non-hydrogen) atoms. The van der Waals surface area contributed by atoms with Crippen molar-refractivity contribution in [3.8, 4) is 0 Å². The van der Waals surface area contributed by atoms with Gasteiger partial charge in [-0.05, 0) is 30.9 Å². The van der Waals surface area contributed by atoms with Crippen molar-refractivity contribution in [3.63, 3.8) is 0 Å². The van der Waals surface area contributed by atoms with Crippen LogP contribution in [0.5, 0.6) is 0 Å². The van der Waals surface area contributed by atoms with E-state index in [9.17, 15) is 9.59 Å². The van der Waals surface area contributed by atoms with Crippen molar-refractivity contribution < 1.29 is 14.3 Å². The highest BCUT2D eigenvalue weighted by Gasteiger charge is 2.63. The zero-order valence-corrected chi connectivity index (χ0v) is 11.7. The van der Waals surface area contributed by atoms with Crippen molar-refractivity contribution in [1.82, 2.24) is 9.88 Å². The number of nitrogens with zero attached hydrogens (tertiary/aromatic N) is 2. The molecule has 1 saturated carbocycles. The number of hydrogen-bond donors (Lipinski definition) is 0. The van der Waals surface area contributed by atoms with Crippen LogP contribution >= 0.6 is 0 Å². The number of rotatable bonds is 2. The second kappa shape index (κ2) is 4.58. The van der Waals surface area contributed by atoms with Crippen molar-refractivity contribution >= 4 is 11.9 Å². The van der Waals surface area contributed by atoms with Crippen LogP contribution in [0.3, 0.4) is 0 Å². The Kier molecular flexibility index (Phi) is 3.00. The third kappa shape index (κ3) is 1.72. The van der Waals surface area contributed by atoms with Crippen molar-refractivity contribution in [2.75, 3.05) is 7.11 Å². The average molecular weight is 274 g/mol. The number of carbonyl (C=O) groups excluding carboxylic acids is 2. The fraction of sp³-hybridized carbons (Fsp3) is 0.533. The highest BCUT2D eigenvalue weighted by atomic mass is 16.5. The summed E-state index contributed by atoms with van der Waals surface area (Å²) in [6, 6.07) is 5.37. The Balaban J connectivity index is 1.93. The number of aromatic nitrogens is 1. The van der Waals surface area contributed by atoms with Gasteiger partial charge in [-0.25, -0.2) is 4.79 Å². The maximum atomic E-state index is 12.6. The highest BCUT2D eigenvalue weighted by molar-refractivity contribution is 5.98. The molecule has 0 aromatic carbocycles. The molecule has 1 aromatic heterocycles. The Morgan fingerprint density at radius 2 is 2.20 bits per heavy atom. The molecule has 2 bridgehead atoms. The lowest BCUT2D eigenvalue weighted by Crippen LogP contribution is -2.75. The van der Waals surface area contributed by atoms with E-state index in [4.69, 9.17) is 4.74 Å². The van der Waals surface area contributed by atoms with Crippen molar-refractivity contribution in [2.45, 2.75) is 37.8 Å². The minimum atomic E-state index is -0.772. The van der Waals surface area contributed by atoms with Gasteiger partial charge in [-0.3, -0.25) is 9.78 Å². The van der Waals surface area contributed by atoms with E-state index in [0.29, 0.717) is 24.5 Å². The Morgan fingerprint density at radius 3 is 2.85 bits per heavy atom. The zero-order chi connectivity index (χ0) is 14.3. The summed E-state index contributed by atoms with van der Waals surface area (Å²) in [5.74, 6) is -0.0376. The number of esters is 1. The fourth-order valence-corrected chi connectivity index (χ4v) is 3.74. The van der Waals surface area contributed by atoms with Crippen LogP contribution in [0, 0.1) is 5.92 Å². The van der Waals surface area contributed by atoms with E-state index >= 15 is 0 Å². The topological polar surface area (TPSA) is 59.5 Å². The number of piperidine rings is 1. The maximum absolute atomic E-state index is 12.6. The van der Waals surface area contributed by atoms with Gasteiger partial charge >= 0.3 is 5.97 Å². The van der Waals surface area contributed by atoms with E-state index in [2.05, 4.69) is 11.9 Å². The molecule has 5 heteroatoms. The van der Waals surface area contributed by atoms with Crippen LogP contribution in [0.4, 0.5) is 0 Å². The van der Waals surface area contributed by atoms with Gasteiger partial charge in [0, 0.05) is 18.7 Å². The number of methoxy groups -OCH3 is 1. The van der Waals surface area contributed by atoms with Crippen LogP contribution in [0.15, 0.2) is 24.4 Å². The number of likely N-dealkylation sites (tertiary alicyclic amines) is 1. The Morgan fingerprint density at radius 1 is 1.40 bits per heavy atom.